The smallest absolute Gasteiger partial charge is 0.191 e. The van der Waals surface area contributed by atoms with Crippen molar-refractivity contribution >= 4 is 5.96 Å². The normalized spacial score (nSPS) is 13.1. The highest BCUT2D eigenvalue weighted by molar-refractivity contribution is 5.79. The summed E-state index contributed by atoms with van der Waals surface area (Å²) in [4.78, 5) is 4.54. The molecule has 0 unspecified atom stereocenters. The maximum Gasteiger partial charge on any atom is 0.191 e. The molecule has 2 N–H and O–H groups in total. The van der Waals surface area contributed by atoms with Crippen molar-refractivity contribution in [2.24, 2.45) is 4.99 Å². The molecule has 2 aromatic rings. The topological polar surface area (TPSA) is 54.9 Å². The van der Waals surface area contributed by atoms with Gasteiger partial charge in [-0.05, 0) is 48.2 Å². The second-order valence-electron chi connectivity index (χ2n) is 6.38. The molecule has 0 fully saturated rings. The second-order valence-corrected chi connectivity index (χ2v) is 6.38. The van der Waals surface area contributed by atoms with E-state index in [1.54, 1.807) is 6.07 Å². The Balaban J connectivity index is 1.55. The molecule has 1 aliphatic heterocycles. The number of ether oxygens (including phenoxy) is 2. The van der Waals surface area contributed by atoms with Crippen molar-refractivity contribution in [3.63, 3.8) is 0 Å². The van der Waals surface area contributed by atoms with Gasteiger partial charge in [-0.3, -0.25) is 0 Å². The summed E-state index contributed by atoms with van der Waals surface area (Å²) in [6.45, 7) is 4.72. The molecule has 0 radical (unpaired) electrons. The summed E-state index contributed by atoms with van der Waals surface area (Å²) in [7, 11) is 1.46. The quantitative estimate of drug-likeness (QED) is 0.580. The van der Waals surface area contributed by atoms with E-state index in [1.807, 2.05) is 13.0 Å². The molecule has 144 valence electrons. The van der Waals surface area contributed by atoms with E-state index in [0.717, 1.165) is 49.8 Å². The van der Waals surface area contributed by atoms with Crippen molar-refractivity contribution in [3.8, 4) is 11.5 Å². The summed E-state index contributed by atoms with van der Waals surface area (Å²) in [6, 6.07) is 11.3. The summed E-state index contributed by atoms with van der Waals surface area (Å²) in [5.74, 6) is 1.60. The summed E-state index contributed by atoms with van der Waals surface area (Å²) >= 11 is 0. The number of benzene rings is 2. The number of fused-ring (bicyclic) bond motifs is 1. The predicted octanol–water partition coefficient (Wildman–Crippen LogP) is 3.07. The largest absolute Gasteiger partial charge is 0.494 e. The molecule has 0 amide bonds. The molecule has 3 rings (SSSR count). The zero-order chi connectivity index (χ0) is 19.1. The number of nitrogens with one attached hydrogen (secondary N) is 2. The molecular formula is C21H26FN3O2. The van der Waals surface area contributed by atoms with Crippen LogP contribution in [-0.4, -0.2) is 32.8 Å². The number of aliphatic imine (C=N–C) groups is 1. The van der Waals surface area contributed by atoms with Gasteiger partial charge in [-0.25, -0.2) is 9.38 Å². The van der Waals surface area contributed by atoms with Crippen molar-refractivity contribution in [3.05, 3.63) is 58.9 Å². The summed E-state index contributed by atoms with van der Waals surface area (Å²) in [6.07, 6.45) is 1.88. The van der Waals surface area contributed by atoms with Gasteiger partial charge >= 0.3 is 0 Å². The molecule has 0 saturated carbocycles. The summed E-state index contributed by atoms with van der Waals surface area (Å²) in [5.41, 5.74) is 3.36. The third kappa shape index (κ3) is 5.12. The van der Waals surface area contributed by atoms with Crippen molar-refractivity contribution in [1.82, 2.24) is 10.6 Å². The monoisotopic (exact) mass is 371 g/mol. The van der Waals surface area contributed by atoms with Crippen LogP contribution in [0.15, 0.2) is 41.4 Å². The van der Waals surface area contributed by atoms with E-state index < -0.39 is 0 Å². The second kappa shape index (κ2) is 9.26. The van der Waals surface area contributed by atoms with E-state index in [0.29, 0.717) is 6.54 Å². The lowest BCUT2D eigenvalue weighted by molar-refractivity contribution is 0.357. The van der Waals surface area contributed by atoms with Gasteiger partial charge < -0.3 is 20.1 Å². The molecule has 0 aliphatic carbocycles. The Morgan fingerprint density at radius 1 is 1.19 bits per heavy atom. The number of guanidine groups is 1. The lowest BCUT2D eigenvalue weighted by Crippen LogP contribution is -2.38. The molecule has 0 aromatic heterocycles. The van der Waals surface area contributed by atoms with Crippen molar-refractivity contribution in [2.75, 3.05) is 26.8 Å². The Labute approximate surface area is 159 Å². The first-order valence-corrected chi connectivity index (χ1v) is 9.28. The minimum atomic E-state index is -0.372. The van der Waals surface area contributed by atoms with Gasteiger partial charge in [0, 0.05) is 19.5 Å². The van der Waals surface area contributed by atoms with Crippen molar-refractivity contribution in [1.29, 1.82) is 0 Å². The van der Waals surface area contributed by atoms with E-state index in [9.17, 15) is 4.39 Å². The number of nitrogens with zero attached hydrogens (tertiary/aromatic N) is 1. The minimum Gasteiger partial charge on any atom is -0.494 e. The Morgan fingerprint density at radius 2 is 2.04 bits per heavy atom. The Morgan fingerprint density at radius 3 is 2.81 bits per heavy atom. The van der Waals surface area contributed by atoms with Crippen LogP contribution >= 0.6 is 0 Å². The van der Waals surface area contributed by atoms with Gasteiger partial charge in [-0.15, -0.1) is 0 Å². The molecule has 27 heavy (non-hydrogen) atoms. The van der Waals surface area contributed by atoms with Crippen LogP contribution in [-0.2, 0) is 19.4 Å². The number of methoxy groups -OCH3 is 1. The van der Waals surface area contributed by atoms with Gasteiger partial charge in [0.25, 0.3) is 0 Å². The Kier molecular flexibility index (Phi) is 6.52. The maximum absolute atomic E-state index is 13.8. The molecule has 0 atom stereocenters. The van der Waals surface area contributed by atoms with Crippen LogP contribution in [0.4, 0.5) is 4.39 Å². The van der Waals surface area contributed by atoms with Crippen LogP contribution in [0.2, 0.25) is 0 Å². The number of rotatable bonds is 7. The summed E-state index contributed by atoms with van der Waals surface area (Å²) < 4.78 is 24.3. The predicted molar refractivity (Wildman–Crippen MR) is 105 cm³/mol. The average molecular weight is 371 g/mol. The zero-order valence-electron chi connectivity index (χ0n) is 15.8. The molecule has 0 bridgehead atoms. The molecule has 2 aromatic carbocycles. The van der Waals surface area contributed by atoms with E-state index in [-0.39, 0.29) is 11.6 Å². The van der Waals surface area contributed by atoms with Crippen LogP contribution < -0.4 is 20.1 Å². The first-order valence-electron chi connectivity index (χ1n) is 9.28. The molecule has 6 heteroatoms. The summed E-state index contributed by atoms with van der Waals surface area (Å²) in [5, 5.41) is 6.55. The fraction of sp³-hybridized carbons (Fsp3) is 0.381. The van der Waals surface area contributed by atoms with Gasteiger partial charge in [0.1, 0.15) is 5.75 Å². The lowest BCUT2D eigenvalue weighted by Gasteiger charge is -2.12. The van der Waals surface area contributed by atoms with Crippen LogP contribution in [0, 0.1) is 5.82 Å². The van der Waals surface area contributed by atoms with Crippen LogP contribution in [0.1, 0.15) is 23.6 Å². The molecule has 0 saturated heterocycles. The van der Waals surface area contributed by atoms with Crippen molar-refractivity contribution in [2.45, 2.75) is 26.3 Å². The molecule has 5 nitrogen and oxygen atoms in total. The van der Waals surface area contributed by atoms with Crippen LogP contribution in [0.25, 0.3) is 0 Å². The highest BCUT2D eigenvalue weighted by atomic mass is 19.1. The first-order chi connectivity index (χ1) is 13.2. The Bertz CT molecular complexity index is 808. The fourth-order valence-electron chi connectivity index (χ4n) is 3.04. The standard InChI is InChI=1S/C21H26FN3O2/c1-3-23-21(25-14-16-5-7-20(26-2)18(22)13-16)24-10-8-15-4-6-19-17(12-15)9-11-27-19/h4-7,12-13H,3,8-11,14H2,1-2H3,(H2,23,24,25). The first kappa shape index (κ1) is 19.0. The van der Waals surface area contributed by atoms with E-state index in [4.69, 9.17) is 9.47 Å². The molecular weight excluding hydrogens is 345 g/mol. The van der Waals surface area contributed by atoms with Crippen molar-refractivity contribution < 1.29 is 13.9 Å². The van der Waals surface area contributed by atoms with Crippen LogP contribution in [0.5, 0.6) is 11.5 Å². The van der Waals surface area contributed by atoms with E-state index in [2.05, 4.69) is 33.8 Å². The van der Waals surface area contributed by atoms with Gasteiger partial charge in [0.15, 0.2) is 17.5 Å². The number of halogens is 1. The van der Waals surface area contributed by atoms with Gasteiger partial charge in [-0.1, -0.05) is 18.2 Å². The molecule has 0 spiro atoms. The average Bonchev–Trinajstić information content (AvgIpc) is 3.14. The molecule has 1 aliphatic rings. The van der Waals surface area contributed by atoms with Gasteiger partial charge in [-0.2, -0.15) is 0 Å². The number of hydrogen-bond acceptors (Lipinski definition) is 3. The SMILES string of the molecule is CCNC(=NCc1ccc(OC)c(F)c1)NCCc1ccc2c(c1)CCO2. The highest BCUT2D eigenvalue weighted by Gasteiger charge is 2.11. The highest BCUT2D eigenvalue weighted by Crippen LogP contribution is 2.25. The van der Waals surface area contributed by atoms with Gasteiger partial charge in [0.05, 0.1) is 20.3 Å². The van der Waals surface area contributed by atoms with Gasteiger partial charge in [0.2, 0.25) is 0 Å². The fourth-order valence-corrected chi connectivity index (χ4v) is 3.04. The lowest BCUT2D eigenvalue weighted by atomic mass is 10.1. The third-order valence-corrected chi connectivity index (χ3v) is 4.44. The third-order valence-electron chi connectivity index (χ3n) is 4.44. The van der Waals surface area contributed by atoms with E-state index in [1.165, 1.54) is 24.3 Å². The zero-order valence-corrected chi connectivity index (χ0v) is 15.8. The molecule has 1 heterocycles. The maximum atomic E-state index is 13.8. The Hall–Kier alpha value is -2.76. The van der Waals surface area contributed by atoms with E-state index >= 15 is 0 Å². The minimum absolute atomic E-state index is 0.243. The number of hydrogen-bond donors (Lipinski definition) is 2. The van der Waals surface area contributed by atoms with Crippen LogP contribution in [0.3, 0.4) is 0 Å².